The van der Waals surface area contributed by atoms with Gasteiger partial charge >= 0.3 is 0 Å². The van der Waals surface area contributed by atoms with Crippen LogP contribution in [0.2, 0.25) is 0 Å². The number of nitrogens with zero attached hydrogens (tertiary/aromatic N) is 2. The van der Waals surface area contributed by atoms with Crippen molar-refractivity contribution in [2.24, 2.45) is 5.41 Å². The van der Waals surface area contributed by atoms with Crippen LogP contribution in [0.4, 0.5) is 0 Å². The zero-order valence-electron chi connectivity index (χ0n) is 9.71. The number of carbonyl (C=O) groups excluding carboxylic acids is 1. The van der Waals surface area contributed by atoms with Gasteiger partial charge in [0.15, 0.2) is 0 Å². The Kier molecular flexibility index (Phi) is 4.68. The predicted molar refractivity (Wildman–Crippen MR) is 66.1 cm³/mol. The fourth-order valence-electron chi connectivity index (χ4n) is 1.06. The largest absolute Gasteiger partial charge is 0.351 e. The zero-order valence-corrected chi connectivity index (χ0v) is 11.3. The highest BCUT2D eigenvalue weighted by atomic mass is 35.5. The van der Waals surface area contributed by atoms with Gasteiger partial charge < -0.3 is 5.32 Å². The van der Waals surface area contributed by atoms with E-state index in [4.69, 9.17) is 11.6 Å². The molecule has 0 saturated heterocycles. The molecule has 0 atom stereocenters. The highest BCUT2D eigenvalue weighted by molar-refractivity contribution is 7.08. The van der Waals surface area contributed by atoms with Crippen molar-refractivity contribution in [3.63, 3.8) is 0 Å². The molecule has 1 N–H and O–H groups in total. The van der Waals surface area contributed by atoms with E-state index in [0.717, 1.165) is 23.6 Å². The third-order valence-electron chi connectivity index (χ3n) is 2.19. The van der Waals surface area contributed by atoms with Crippen LogP contribution in [-0.4, -0.2) is 27.9 Å². The molecule has 0 radical (unpaired) electrons. The lowest BCUT2D eigenvalue weighted by Crippen LogP contribution is -2.35. The maximum absolute atomic E-state index is 11.8. The van der Waals surface area contributed by atoms with Crippen molar-refractivity contribution in [3.05, 3.63) is 10.6 Å². The first kappa shape index (κ1) is 13.4. The molecule has 6 heteroatoms. The van der Waals surface area contributed by atoms with E-state index in [9.17, 15) is 4.79 Å². The molecule has 0 aromatic carbocycles. The molecule has 0 bridgehead atoms. The van der Waals surface area contributed by atoms with Gasteiger partial charge in [0.2, 0.25) is 0 Å². The van der Waals surface area contributed by atoms with Crippen LogP contribution in [0.1, 0.15) is 36.1 Å². The minimum absolute atomic E-state index is 0.0955. The molecular weight excluding hydrogens is 246 g/mol. The number of aryl methyl sites for hydroxylation is 1. The molecule has 0 saturated carbocycles. The second-order valence-corrected chi connectivity index (χ2v) is 5.40. The predicted octanol–water partition coefficient (Wildman–Crippen LogP) is 2.10. The summed E-state index contributed by atoms with van der Waals surface area (Å²) in [5, 5.41) is 6.76. The van der Waals surface area contributed by atoms with Crippen LogP contribution in [-0.2, 0) is 6.42 Å². The van der Waals surface area contributed by atoms with Crippen LogP contribution < -0.4 is 5.32 Å². The van der Waals surface area contributed by atoms with Gasteiger partial charge in [-0.15, -0.1) is 16.7 Å². The van der Waals surface area contributed by atoms with Gasteiger partial charge in [-0.1, -0.05) is 25.3 Å². The number of carbonyl (C=O) groups is 1. The summed E-state index contributed by atoms with van der Waals surface area (Å²) in [6, 6.07) is 0. The van der Waals surface area contributed by atoms with Crippen LogP contribution >= 0.6 is 23.1 Å². The number of aromatic nitrogens is 2. The third kappa shape index (κ3) is 3.42. The first-order chi connectivity index (χ1) is 7.50. The molecule has 4 nitrogen and oxygen atoms in total. The summed E-state index contributed by atoms with van der Waals surface area (Å²) in [5.41, 5.74) is 0.660. The molecule has 0 fully saturated rings. The van der Waals surface area contributed by atoms with E-state index in [0.29, 0.717) is 17.3 Å². The molecule has 1 aromatic heterocycles. The van der Waals surface area contributed by atoms with Crippen molar-refractivity contribution in [2.45, 2.75) is 27.2 Å². The molecule has 16 heavy (non-hydrogen) atoms. The summed E-state index contributed by atoms with van der Waals surface area (Å²) in [6.07, 6.45) is 0.720. The number of alkyl halides is 1. The minimum atomic E-state index is -0.106. The van der Waals surface area contributed by atoms with Gasteiger partial charge in [0.05, 0.1) is 5.69 Å². The number of halogens is 1. The zero-order chi connectivity index (χ0) is 12.2. The Morgan fingerprint density at radius 1 is 1.56 bits per heavy atom. The fraction of sp³-hybridized carbons (Fsp3) is 0.700. The standard InChI is InChI=1S/C10H16ClN3OS/c1-4-7-8(16-14-13-7)9(15)12-6-10(2,3)5-11/h4-6H2,1-3H3,(H,12,15). The molecule has 1 aromatic rings. The van der Waals surface area contributed by atoms with E-state index < -0.39 is 0 Å². The van der Waals surface area contributed by atoms with Crippen LogP contribution in [0.25, 0.3) is 0 Å². The van der Waals surface area contributed by atoms with Crippen molar-refractivity contribution in [1.29, 1.82) is 0 Å². The molecule has 1 heterocycles. The molecule has 0 unspecified atom stereocenters. The van der Waals surface area contributed by atoms with Crippen LogP contribution in [0.15, 0.2) is 0 Å². The summed E-state index contributed by atoms with van der Waals surface area (Å²) in [7, 11) is 0. The molecule has 0 spiro atoms. The molecule has 90 valence electrons. The van der Waals surface area contributed by atoms with Crippen molar-refractivity contribution in [3.8, 4) is 0 Å². The van der Waals surface area contributed by atoms with Gasteiger partial charge in [-0.2, -0.15) is 0 Å². The Balaban J connectivity index is 2.60. The number of hydrogen-bond donors (Lipinski definition) is 1. The molecule has 0 aliphatic heterocycles. The minimum Gasteiger partial charge on any atom is -0.351 e. The molecule has 0 aliphatic carbocycles. The second kappa shape index (κ2) is 5.59. The molecule has 0 aliphatic rings. The van der Waals surface area contributed by atoms with Crippen LogP contribution in [0.5, 0.6) is 0 Å². The van der Waals surface area contributed by atoms with Gasteiger partial charge in [0.1, 0.15) is 4.88 Å². The Morgan fingerprint density at radius 2 is 2.25 bits per heavy atom. The first-order valence-electron chi connectivity index (χ1n) is 5.15. The highest BCUT2D eigenvalue weighted by Crippen LogP contribution is 2.16. The highest BCUT2D eigenvalue weighted by Gasteiger charge is 2.20. The van der Waals surface area contributed by atoms with Gasteiger partial charge in [-0.3, -0.25) is 4.79 Å². The molecular formula is C10H16ClN3OS. The first-order valence-corrected chi connectivity index (χ1v) is 6.46. The average molecular weight is 262 g/mol. The lowest BCUT2D eigenvalue weighted by molar-refractivity contribution is 0.0943. The molecule has 1 amide bonds. The Labute approximate surface area is 105 Å². The number of nitrogens with one attached hydrogen (secondary N) is 1. The second-order valence-electron chi connectivity index (χ2n) is 4.38. The summed E-state index contributed by atoms with van der Waals surface area (Å²) in [6.45, 7) is 6.52. The Morgan fingerprint density at radius 3 is 2.81 bits per heavy atom. The quantitative estimate of drug-likeness (QED) is 0.826. The van der Waals surface area contributed by atoms with Crippen LogP contribution in [0.3, 0.4) is 0 Å². The number of amides is 1. The third-order valence-corrected chi connectivity index (χ3v) is 3.68. The number of hydrogen-bond acceptors (Lipinski definition) is 4. The number of rotatable bonds is 5. The smallest absolute Gasteiger partial charge is 0.264 e. The maximum atomic E-state index is 11.8. The lowest BCUT2D eigenvalue weighted by Gasteiger charge is -2.21. The van der Waals surface area contributed by atoms with E-state index in [1.165, 1.54) is 0 Å². The summed E-state index contributed by atoms with van der Waals surface area (Å²) < 4.78 is 3.78. The van der Waals surface area contributed by atoms with Crippen molar-refractivity contribution >= 4 is 29.0 Å². The maximum Gasteiger partial charge on any atom is 0.264 e. The lowest BCUT2D eigenvalue weighted by atomic mass is 9.96. The fourth-order valence-corrected chi connectivity index (χ4v) is 1.82. The summed E-state index contributed by atoms with van der Waals surface area (Å²) >= 11 is 6.92. The van der Waals surface area contributed by atoms with E-state index in [1.54, 1.807) is 0 Å². The van der Waals surface area contributed by atoms with Gasteiger partial charge in [-0.05, 0) is 23.4 Å². The van der Waals surface area contributed by atoms with Crippen molar-refractivity contribution in [1.82, 2.24) is 14.9 Å². The topological polar surface area (TPSA) is 54.9 Å². The monoisotopic (exact) mass is 261 g/mol. The van der Waals surface area contributed by atoms with E-state index in [-0.39, 0.29) is 11.3 Å². The SMILES string of the molecule is CCc1nnsc1C(=O)NCC(C)(C)CCl. The van der Waals surface area contributed by atoms with E-state index >= 15 is 0 Å². The summed E-state index contributed by atoms with van der Waals surface area (Å²) in [4.78, 5) is 12.4. The van der Waals surface area contributed by atoms with Crippen molar-refractivity contribution in [2.75, 3.05) is 12.4 Å². The van der Waals surface area contributed by atoms with E-state index in [1.807, 2.05) is 20.8 Å². The van der Waals surface area contributed by atoms with Gasteiger partial charge in [-0.25, -0.2) is 0 Å². The Hall–Kier alpha value is -0.680. The average Bonchev–Trinajstić information content (AvgIpc) is 2.74. The van der Waals surface area contributed by atoms with Crippen LogP contribution in [0, 0.1) is 5.41 Å². The normalized spacial score (nSPS) is 11.5. The Bertz CT molecular complexity index is 365. The molecule has 1 rings (SSSR count). The summed E-state index contributed by atoms with van der Waals surface area (Å²) in [5.74, 6) is 0.402. The van der Waals surface area contributed by atoms with Crippen molar-refractivity contribution < 1.29 is 4.79 Å². The van der Waals surface area contributed by atoms with E-state index in [2.05, 4.69) is 14.9 Å². The van der Waals surface area contributed by atoms with Gasteiger partial charge in [0.25, 0.3) is 5.91 Å². The van der Waals surface area contributed by atoms with Gasteiger partial charge in [0, 0.05) is 12.4 Å².